The molecule has 6 heteroatoms. The Kier molecular flexibility index (Phi) is 7.63. The second kappa shape index (κ2) is 13.8. The van der Waals surface area contributed by atoms with Crippen LogP contribution in [0.1, 0.15) is 13.3 Å². The van der Waals surface area contributed by atoms with E-state index in [1.54, 1.807) is 0 Å². The molecule has 0 amide bonds. The highest BCUT2D eigenvalue weighted by Gasteiger charge is 2.24. The number of furan rings is 3. The van der Waals surface area contributed by atoms with Gasteiger partial charge < -0.3 is 17.8 Å². The molecule has 306 valence electrons. The molecule has 1 atom stereocenters. The minimum atomic E-state index is 0.542. The molecule has 1 aliphatic rings. The molecule has 0 N–H and O–H groups in total. The van der Waals surface area contributed by atoms with Crippen molar-refractivity contribution in [3.8, 4) is 44.9 Å². The molecule has 0 saturated heterocycles. The maximum absolute atomic E-state index is 6.81. The summed E-state index contributed by atoms with van der Waals surface area (Å²) < 4.78 is 22.1. The fourth-order valence-electron chi connectivity index (χ4n) is 10.1. The minimum Gasteiger partial charge on any atom is -0.456 e. The highest BCUT2D eigenvalue weighted by Crippen LogP contribution is 2.44. The first-order valence-corrected chi connectivity index (χ1v) is 22.2. The van der Waals surface area contributed by atoms with Crippen LogP contribution in [0.4, 0.5) is 0 Å². The lowest BCUT2D eigenvalue weighted by Crippen LogP contribution is -2.00. The van der Waals surface area contributed by atoms with Gasteiger partial charge >= 0.3 is 0 Å². The normalized spacial score (nSPS) is 14.4. The zero-order valence-corrected chi connectivity index (χ0v) is 35.2. The van der Waals surface area contributed by atoms with Gasteiger partial charge in [-0.1, -0.05) is 116 Å². The van der Waals surface area contributed by atoms with Gasteiger partial charge in [-0.3, -0.25) is 0 Å². The summed E-state index contributed by atoms with van der Waals surface area (Å²) in [5, 5.41) is 7.43. The van der Waals surface area contributed by atoms with Crippen molar-refractivity contribution in [2.75, 3.05) is 0 Å². The fourth-order valence-corrected chi connectivity index (χ4v) is 10.1. The Balaban J connectivity index is 0.981. The maximum atomic E-state index is 6.81. The molecule has 0 radical (unpaired) electrons. The van der Waals surface area contributed by atoms with Crippen LogP contribution in [0.5, 0.6) is 0 Å². The predicted octanol–water partition coefficient (Wildman–Crippen LogP) is 16.4. The van der Waals surface area contributed by atoms with E-state index in [0.29, 0.717) is 23.0 Å². The molecule has 65 heavy (non-hydrogen) atoms. The molecule has 1 aliphatic carbocycles. The lowest BCUT2D eigenvalue weighted by Gasteiger charge is -2.15. The van der Waals surface area contributed by atoms with Gasteiger partial charge in [-0.15, -0.1) is 0 Å². The van der Waals surface area contributed by atoms with Gasteiger partial charge in [-0.2, -0.15) is 0 Å². The molecular formula is C59H37N3O3. The highest BCUT2D eigenvalue weighted by molar-refractivity contribution is 6.18. The molecule has 1 unspecified atom stereocenters. The summed E-state index contributed by atoms with van der Waals surface area (Å²) in [4.78, 5) is 10.7. The summed E-state index contributed by atoms with van der Waals surface area (Å²) >= 11 is 0. The van der Waals surface area contributed by atoms with Crippen LogP contribution in [0.15, 0.2) is 201 Å². The topological polar surface area (TPSA) is 70.1 Å². The smallest absolute Gasteiger partial charge is 0.180 e. The van der Waals surface area contributed by atoms with Crippen molar-refractivity contribution < 1.29 is 13.3 Å². The second-order valence-corrected chi connectivity index (χ2v) is 17.3. The first kappa shape index (κ1) is 36.0. The third-order valence-corrected chi connectivity index (χ3v) is 13.4. The van der Waals surface area contributed by atoms with E-state index in [9.17, 15) is 0 Å². The largest absolute Gasteiger partial charge is 0.456 e. The van der Waals surface area contributed by atoms with E-state index >= 15 is 0 Å². The van der Waals surface area contributed by atoms with Gasteiger partial charge in [0.05, 0.1) is 11.0 Å². The molecule has 8 aromatic carbocycles. The monoisotopic (exact) mass is 835 g/mol. The van der Waals surface area contributed by atoms with E-state index in [-0.39, 0.29) is 0 Å². The van der Waals surface area contributed by atoms with Crippen LogP contribution in [-0.4, -0.2) is 14.5 Å². The Morgan fingerprint density at radius 1 is 0.477 bits per heavy atom. The number of hydrogen-bond donors (Lipinski definition) is 0. The van der Waals surface area contributed by atoms with Crippen molar-refractivity contribution in [1.82, 2.24) is 14.5 Å². The van der Waals surface area contributed by atoms with Crippen molar-refractivity contribution in [3.05, 3.63) is 188 Å². The first-order chi connectivity index (χ1) is 32.1. The standard InChI is InChI=1S/C59H37N3O3/c1-34-18-24-40(25-19-34)62-48-15-7-5-12-41(48)44-30-37(20-26-49(44)62)38-22-27-52-46(31-38)55-43(14-9-17-54(55)64-52)56-58-57(47-32-36(21-28-53(47)65-58)35-10-3-2-4-11-35)61-59(60-56)39-23-29-51-45(33-39)42-13-6-8-16-50(42)63-51/h2-18,20-34H,19H2,1H3. The number of benzene rings is 8. The number of allylic oxidation sites excluding steroid dienone is 4. The van der Waals surface area contributed by atoms with Gasteiger partial charge in [0.1, 0.15) is 39.1 Å². The lowest BCUT2D eigenvalue weighted by atomic mass is 9.98. The third kappa shape index (κ3) is 5.53. The van der Waals surface area contributed by atoms with Crippen molar-refractivity contribution in [2.24, 2.45) is 5.92 Å². The third-order valence-electron chi connectivity index (χ3n) is 13.4. The van der Waals surface area contributed by atoms with Crippen LogP contribution in [0.25, 0.3) is 138 Å². The van der Waals surface area contributed by atoms with E-state index in [0.717, 1.165) is 100 Å². The number of nitrogens with zero attached hydrogens (tertiary/aromatic N) is 3. The first-order valence-electron chi connectivity index (χ1n) is 22.2. The lowest BCUT2D eigenvalue weighted by molar-refractivity contribution is 0.666. The predicted molar refractivity (Wildman–Crippen MR) is 266 cm³/mol. The molecule has 5 aromatic heterocycles. The molecule has 14 rings (SSSR count). The summed E-state index contributed by atoms with van der Waals surface area (Å²) in [5.41, 5.74) is 15.9. The molecule has 6 nitrogen and oxygen atoms in total. The van der Waals surface area contributed by atoms with Crippen LogP contribution in [0.2, 0.25) is 0 Å². The molecule has 5 heterocycles. The van der Waals surface area contributed by atoms with Crippen molar-refractivity contribution >= 4 is 93.4 Å². The zero-order chi connectivity index (χ0) is 42.8. The minimum absolute atomic E-state index is 0.542. The second-order valence-electron chi connectivity index (χ2n) is 17.3. The number of fused-ring (bicyclic) bond motifs is 12. The van der Waals surface area contributed by atoms with Gasteiger partial charge in [0.15, 0.2) is 11.4 Å². The molecule has 0 saturated carbocycles. The Hall–Kier alpha value is -8.48. The van der Waals surface area contributed by atoms with E-state index < -0.39 is 0 Å². The average Bonchev–Trinajstić information content (AvgIpc) is 4.12. The Morgan fingerprint density at radius 2 is 1.11 bits per heavy atom. The van der Waals surface area contributed by atoms with Crippen molar-refractivity contribution in [3.63, 3.8) is 0 Å². The molecular weight excluding hydrogens is 799 g/mol. The van der Waals surface area contributed by atoms with Crippen molar-refractivity contribution in [1.29, 1.82) is 0 Å². The van der Waals surface area contributed by atoms with Gasteiger partial charge in [0.2, 0.25) is 0 Å². The number of aromatic nitrogens is 3. The summed E-state index contributed by atoms with van der Waals surface area (Å²) in [6.45, 7) is 2.27. The average molecular weight is 836 g/mol. The van der Waals surface area contributed by atoms with Gasteiger partial charge in [-0.25, -0.2) is 9.97 Å². The van der Waals surface area contributed by atoms with Crippen LogP contribution in [-0.2, 0) is 0 Å². The summed E-state index contributed by atoms with van der Waals surface area (Å²) in [6.07, 6.45) is 7.98. The Labute approximate surface area is 372 Å². The van der Waals surface area contributed by atoms with Crippen molar-refractivity contribution in [2.45, 2.75) is 13.3 Å². The summed E-state index contributed by atoms with van der Waals surface area (Å²) in [5.74, 6) is 1.14. The van der Waals surface area contributed by atoms with Gasteiger partial charge in [0, 0.05) is 54.5 Å². The molecule has 0 fully saturated rings. The number of rotatable bonds is 5. The number of para-hydroxylation sites is 2. The van der Waals surface area contributed by atoms with Crippen LogP contribution in [0.3, 0.4) is 0 Å². The quantitative estimate of drug-likeness (QED) is 0.173. The van der Waals surface area contributed by atoms with Gasteiger partial charge in [0.25, 0.3) is 0 Å². The van der Waals surface area contributed by atoms with Crippen LogP contribution in [0, 0.1) is 5.92 Å². The summed E-state index contributed by atoms with van der Waals surface area (Å²) in [6, 6.07) is 59.4. The Morgan fingerprint density at radius 3 is 1.95 bits per heavy atom. The Bertz CT molecular complexity index is 4180. The van der Waals surface area contributed by atoms with E-state index in [1.807, 2.05) is 54.6 Å². The number of hydrogen-bond acceptors (Lipinski definition) is 5. The van der Waals surface area contributed by atoms with E-state index in [4.69, 9.17) is 23.2 Å². The molecule has 0 aliphatic heterocycles. The van der Waals surface area contributed by atoms with E-state index in [2.05, 4.69) is 145 Å². The summed E-state index contributed by atoms with van der Waals surface area (Å²) in [7, 11) is 0. The van der Waals surface area contributed by atoms with E-state index in [1.165, 1.54) is 27.5 Å². The van der Waals surface area contributed by atoms with Crippen LogP contribution < -0.4 is 0 Å². The fraction of sp³-hybridized carbons (Fsp3) is 0.0508. The van der Waals surface area contributed by atoms with Crippen LogP contribution >= 0.6 is 0 Å². The zero-order valence-electron chi connectivity index (χ0n) is 35.2. The SMILES string of the molecule is CC1C=CC(n2c3ccccc3c3cc(-c4ccc5oc6cccc(-c7nc(-c8ccc9oc%10ccccc%10c9c8)nc8c7oc7ccc(-c9ccccc9)cc78)c6c5c4)ccc32)=CC1. The molecule has 13 aromatic rings. The maximum Gasteiger partial charge on any atom is 0.180 e. The molecule has 0 spiro atoms. The molecule has 0 bridgehead atoms. The van der Waals surface area contributed by atoms with Gasteiger partial charge in [-0.05, 0) is 113 Å². The highest BCUT2D eigenvalue weighted by atomic mass is 16.3.